The Morgan fingerprint density at radius 2 is 2.50 bits per heavy atom. The van der Waals surface area contributed by atoms with Gasteiger partial charge >= 0.3 is 0 Å². The van der Waals surface area contributed by atoms with Crippen LogP contribution in [0.5, 0.6) is 0 Å². The maximum Gasteiger partial charge on any atom is 0.218 e. The molecule has 1 aromatic rings. The SMILES string of the molecule is CCc1ncc(CNCCC(N)=O)s1. The van der Waals surface area contributed by atoms with E-state index >= 15 is 0 Å². The molecule has 14 heavy (non-hydrogen) atoms. The molecule has 0 saturated carbocycles. The molecule has 5 heteroatoms. The van der Waals surface area contributed by atoms with E-state index in [0.717, 1.165) is 18.0 Å². The lowest BCUT2D eigenvalue weighted by atomic mass is 10.4. The van der Waals surface area contributed by atoms with Gasteiger partial charge in [0.25, 0.3) is 0 Å². The summed E-state index contributed by atoms with van der Waals surface area (Å²) in [7, 11) is 0. The number of aryl methyl sites for hydroxylation is 1. The molecule has 0 fully saturated rings. The minimum Gasteiger partial charge on any atom is -0.370 e. The lowest BCUT2D eigenvalue weighted by Gasteiger charge is -1.99. The van der Waals surface area contributed by atoms with Gasteiger partial charge in [-0.3, -0.25) is 4.79 Å². The number of nitrogens with two attached hydrogens (primary N) is 1. The minimum atomic E-state index is -0.268. The summed E-state index contributed by atoms with van der Waals surface area (Å²) in [5.74, 6) is -0.268. The van der Waals surface area contributed by atoms with E-state index in [1.165, 1.54) is 4.88 Å². The van der Waals surface area contributed by atoms with E-state index in [2.05, 4.69) is 17.2 Å². The first-order chi connectivity index (χ1) is 6.72. The number of hydrogen-bond donors (Lipinski definition) is 2. The van der Waals surface area contributed by atoms with Gasteiger partial charge in [0, 0.05) is 30.6 Å². The number of carbonyl (C=O) groups excluding carboxylic acids is 1. The highest BCUT2D eigenvalue weighted by Crippen LogP contribution is 2.12. The van der Waals surface area contributed by atoms with Gasteiger partial charge in [-0.05, 0) is 6.42 Å². The van der Waals surface area contributed by atoms with Crippen LogP contribution in [0, 0.1) is 0 Å². The van der Waals surface area contributed by atoms with Crippen LogP contribution in [0.4, 0.5) is 0 Å². The van der Waals surface area contributed by atoms with Crippen LogP contribution >= 0.6 is 11.3 Å². The Balaban J connectivity index is 2.21. The summed E-state index contributed by atoms with van der Waals surface area (Å²) in [6.07, 6.45) is 3.24. The topological polar surface area (TPSA) is 68.0 Å². The fourth-order valence-electron chi connectivity index (χ4n) is 1.02. The summed E-state index contributed by atoms with van der Waals surface area (Å²) >= 11 is 1.70. The first kappa shape index (κ1) is 11.1. The maximum atomic E-state index is 10.4. The van der Waals surface area contributed by atoms with Crippen molar-refractivity contribution in [2.45, 2.75) is 26.3 Å². The van der Waals surface area contributed by atoms with E-state index < -0.39 is 0 Å². The molecule has 0 unspecified atom stereocenters. The van der Waals surface area contributed by atoms with Gasteiger partial charge in [0.15, 0.2) is 0 Å². The highest BCUT2D eigenvalue weighted by molar-refractivity contribution is 7.11. The van der Waals surface area contributed by atoms with Crippen LogP contribution in [0.1, 0.15) is 23.2 Å². The molecule has 0 aliphatic carbocycles. The van der Waals surface area contributed by atoms with Crippen LogP contribution in [0.2, 0.25) is 0 Å². The molecule has 0 radical (unpaired) electrons. The van der Waals surface area contributed by atoms with E-state index in [9.17, 15) is 4.79 Å². The van der Waals surface area contributed by atoms with Gasteiger partial charge in [0.2, 0.25) is 5.91 Å². The summed E-state index contributed by atoms with van der Waals surface area (Å²) < 4.78 is 0. The third-order valence-electron chi connectivity index (χ3n) is 1.75. The van der Waals surface area contributed by atoms with Crippen LogP contribution in [0.3, 0.4) is 0 Å². The zero-order chi connectivity index (χ0) is 10.4. The van der Waals surface area contributed by atoms with Crippen LogP contribution in [0.25, 0.3) is 0 Å². The van der Waals surface area contributed by atoms with Gasteiger partial charge in [-0.1, -0.05) is 6.92 Å². The van der Waals surface area contributed by atoms with Crippen LogP contribution < -0.4 is 11.1 Å². The largest absolute Gasteiger partial charge is 0.370 e. The third kappa shape index (κ3) is 3.85. The maximum absolute atomic E-state index is 10.4. The van der Waals surface area contributed by atoms with Gasteiger partial charge in [-0.15, -0.1) is 11.3 Å². The fraction of sp³-hybridized carbons (Fsp3) is 0.556. The number of rotatable bonds is 6. The van der Waals surface area contributed by atoms with Crippen molar-refractivity contribution in [1.82, 2.24) is 10.3 Å². The number of amides is 1. The molecular formula is C9H15N3OS. The van der Waals surface area contributed by atoms with Crippen LogP contribution in [0.15, 0.2) is 6.20 Å². The lowest BCUT2D eigenvalue weighted by Crippen LogP contribution is -2.21. The number of aromatic nitrogens is 1. The van der Waals surface area contributed by atoms with E-state index in [-0.39, 0.29) is 5.91 Å². The molecule has 0 aliphatic heterocycles. The third-order valence-corrected chi connectivity index (χ3v) is 2.89. The summed E-state index contributed by atoms with van der Waals surface area (Å²) in [6.45, 7) is 3.49. The Labute approximate surface area is 87.5 Å². The molecule has 1 aromatic heterocycles. The summed E-state index contributed by atoms with van der Waals surface area (Å²) in [6, 6.07) is 0. The van der Waals surface area contributed by atoms with Gasteiger partial charge in [0.05, 0.1) is 5.01 Å². The van der Waals surface area contributed by atoms with Crippen molar-refractivity contribution in [2.75, 3.05) is 6.54 Å². The predicted octanol–water partition coefficient (Wildman–Crippen LogP) is 0.670. The molecule has 0 saturated heterocycles. The molecule has 1 heterocycles. The first-order valence-electron chi connectivity index (χ1n) is 4.65. The Morgan fingerprint density at radius 1 is 1.71 bits per heavy atom. The van der Waals surface area contributed by atoms with Gasteiger partial charge < -0.3 is 11.1 Å². The molecule has 1 rings (SSSR count). The molecular weight excluding hydrogens is 198 g/mol. The van der Waals surface area contributed by atoms with E-state index in [1.807, 2.05) is 6.20 Å². The van der Waals surface area contributed by atoms with Crippen molar-refractivity contribution in [1.29, 1.82) is 0 Å². The van der Waals surface area contributed by atoms with Crippen molar-refractivity contribution in [3.8, 4) is 0 Å². The zero-order valence-electron chi connectivity index (χ0n) is 8.25. The average molecular weight is 213 g/mol. The Hall–Kier alpha value is -0.940. The number of nitrogens with zero attached hydrogens (tertiary/aromatic N) is 1. The number of hydrogen-bond acceptors (Lipinski definition) is 4. The minimum absolute atomic E-state index is 0.268. The molecule has 4 nitrogen and oxygen atoms in total. The van der Waals surface area contributed by atoms with Crippen molar-refractivity contribution < 1.29 is 4.79 Å². The molecule has 0 aromatic carbocycles. The Kier molecular flexibility index (Phi) is 4.55. The molecule has 0 aliphatic rings. The predicted molar refractivity (Wildman–Crippen MR) is 57.0 cm³/mol. The summed E-state index contributed by atoms with van der Waals surface area (Å²) in [5.41, 5.74) is 5.01. The highest BCUT2D eigenvalue weighted by Gasteiger charge is 1.99. The second kappa shape index (κ2) is 5.72. The lowest BCUT2D eigenvalue weighted by molar-refractivity contribution is -0.117. The Morgan fingerprint density at radius 3 is 3.07 bits per heavy atom. The monoisotopic (exact) mass is 213 g/mol. The van der Waals surface area contributed by atoms with Crippen LogP contribution in [-0.4, -0.2) is 17.4 Å². The quantitative estimate of drug-likeness (QED) is 0.682. The van der Waals surface area contributed by atoms with Crippen molar-refractivity contribution in [3.63, 3.8) is 0 Å². The molecule has 0 bridgehead atoms. The van der Waals surface area contributed by atoms with E-state index in [1.54, 1.807) is 11.3 Å². The molecule has 0 spiro atoms. The van der Waals surface area contributed by atoms with Gasteiger partial charge in [0.1, 0.15) is 0 Å². The first-order valence-corrected chi connectivity index (χ1v) is 5.46. The second-order valence-electron chi connectivity index (χ2n) is 2.97. The van der Waals surface area contributed by atoms with Crippen molar-refractivity contribution in [3.05, 3.63) is 16.1 Å². The van der Waals surface area contributed by atoms with Gasteiger partial charge in [-0.2, -0.15) is 0 Å². The second-order valence-corrected chi connectivity index (χ2v) is 4.17. The number of primary amides is 1. The summed E-state index contributed by atoms with van der Waals surface area (Å²) in [5, 5.41) is 4.29. The van der Waals surface area contributed by atoms with E-state index in [4.69, 9.17) is 5.73 Å². The van der Waals surface area contributed by atoms with Crippen molar-refractivity contribution >= 4 is 17.2 Å². The molecule has 0 atom stereocenters. The average Bonchev–Trinajstić information content (AvgIpc) is 2.60. The smallest absolute Gasteiger partial charge is 0.218 e. The zero-order valence-corrected chi connectivity index (χ0v) is 9.06. The fourth-order valence-corrected chi connectivity index (χ4v) is 1.85. The Bertz CT molecular complexity index is 298. The molecule has 1 amide bonds. The standard InChI is InChI=1S/C9H15N3OS/c1-2-9-12-6-7(14-9)5-11-4-3-8(10)13/h6,11H,2-5H2,1H3,(H2,10,13). The number of nitrogens with one attached hydrogen (secondary N) is 1. The van der Waals surface area contributed by atoms with E-state index in [0.29, 0.717) is 13.0 Å². The highest BCUT2D eigenvalue weighted by atomic mass is 32.1. The normalized spacial score (nSPS) is 10.4. The van der Waals surface area contributed by atoms with Crippen molar-refractivity contribution in [2.24, 2.45) is 5.73 Å². The van der Waals surface area contributed by atoms with Crippen LogP contribution in [-0.2, 0) is 17.8 Å². The molecule has 3 N–H and O–H groups in total. The summed E-state index contributed by atoms with van der Waals surface area (Å²) in [4.78, 5) is 15.9. The number of carbonyl (C=O) groups is 1. The van der Waals surface area contributed by atoms with Gasteiger partial charge in [-0.25, -0.2) is 4.98 Å². The molecule has 78 valence electrons. The number of thiazole rings is 1.